The van der Waals surface area contributed by atoms with Crippen molar-refractivity contribution < 1.29 is 4.74 Å². The molecule has 1 heterocycles. The van der Waals surface area contributed by atoms with Crippen LogP contribution < -0.4 is 0 Å². The number of benzene rings is 1. The van der Waals surface area contributed by atoms with Gasteiger partial charge in [-0.1, -0.05) is 23.7 Å². The fourth-order valence-electron chi connectivity index (χ4n) is 1.43. The minimum Gasteiger partial charge on any atom is -0.377 e. The monoisotopic (exact) mass is 237 g/mol. The molecule has 0 amide bonds. The van der Waals surface area contributed by atoms with E-state index in [1.54, 1.807) is 11.8 Å². The number of rotatable bonds is 3. The van der Waals surface area contributed by atoms with Crippen LogP contribution in [0.1, 0.15) is 5.82 Å². The van der Waals surface area contributed by atoms with Gasteiger partial charge in [-0.05, 0) is 12.1 Å². The molecule has 0 atom stereocenters. The number of aromatic nitrogens is 3. The molecule has 0 saturated carbocycles. The third kappa shape index (κ3) is 2.08. The molecular formula is C11H12ClN3O. The van der Waals surface area contributed by atoms with Crippen LogP contribution in [0.2, 0.25) is 5.02 Å². The van der Waals surface area contributed by atoms with Gasteiger partial charge < -0.3 is 4.74 Å². The average molecular weight is 238 g/mol. The second-order valence-corrected chi connectivity index (χ2v) is 3.80. The van der Waals surface area contributed by atoms with Crippen LogP contribution in [0, 0.1) is 0 Å². The second-order valence-electron chi connectivity index (χ2n) is 3.39. The lowest BCUT2D eigenvalue weighted by atomic mass is 10.2. The molecule has 0 aliphatic heterocycles. The van der Waals surface area contributed by atoms with Crippen molar-refractivity contribution in [3.05, 3.63) is 35.1 Å². The summed E-state index contributed by atoms with van der Waals surface area (Å²) in [5.74, 6) is 1.40. The Morgan fingerprint density at radius 1 is 1.38 bits per heavy atom. The molecule has 4 nitrogen and oxygen atoms in total. The fraction of sp³-hybridized carbons (Fsp3) is 0.273. The first-order chi connectivity index (χ1) is 7.72. The summed E-state index contributed by atoms with van der Waals surface area (Å²) >= 11 is 6.08. The Kier molecular flexibility index (Phi) is 3.22. The van der Waals surface area contributed by atoms with Crippen molar-refractivity contribution in [1.82, 2.24) is 14.8 Å². The highest BCUT2D eigenvalue weighted by molar-refractivity contribution is 6.33. The maximum atomic E-state index is 6.08. The van der Waals surface area contributed by atoms with Crippen LogP contribution in [0.3, 0.4) is 0 Å². The van der Waals surface area contributed by atoms with Gasteiger partial charge >= 0.3 is 0 Å². The molecule has 2 aromatic rings. The Labute approximate surface area is 98.8 Å². The molecule has 0 fully saturated rings. The molecule has 0 N–H and O–H groups in total. The number of methoxy groups -OCH3 is 1. The van der Waals surface area contributed by atoms with Gasteiger partial charge in [-0.25, -0.2) is 4.98 Å². The summed E-state index contributed by atoms with van der Waals surface area (Å²) in [6.07, 6.45) is 0. The van der Waals surface area contributed by atoms with Crippen LogP contribution in [0.15, 0.2) is 24.3 Å². The number of aryl methyl sites for hydroxylation is 1. The highest BCUT2D eigenvalue weighted by Crippen LogP contribution is 2.24. The molecule has 0 radical (unpaired) electrons. The van der Waals surface area contributed by atoms with Gasteiger partial charge in [-0.15, -0.1) is 0 Å². The van der Waals surface area contributed by atoms with Crippen LogP contribution in [-0.2, 0) is 18.4 Å². The summed E-state index contributed by atoms with van der Waals surface area (Å²) in [7, 11) is 3.46. The summed E-state index contributed by atoms with van der Waals surface area (Å²) in [5, 5.41) is 4.95. The lowest BCUT2D eigenvalue weighted by Gasteiger charge is -1.96. The number of ether oxygens (including phenoxy) is 1. The molecule has 0 saturated heterocycles. The van der Waals surface area contributed by atoms with E-state index in [4.69, 9.17) is 16.3 Å². The Bertz CT molecular complexity index is 496. The normalized spacial score (nSPS) is 10.7. The van der Waals surface area contributed by atoms with Crippen LogP contribution in [0.5, 0.6) is 0 Å². The highest BCUT2D eigenvalue weighted by atomic mass is 35.5. The molecule has 1 aromatic heterocycles. The van der Waals surface area contributed by atoms with Crippen molar-refractivity contribution in [3.8, 4) is 11.4 Å². The van der Waals surface area contributed by atoms with E-state index in [-0.39, 0.29) is 0 Å². The van der Waals surface area contributed by atoms with Crippen molar-refractivity contribution in [1.29, 1.82) is 0 Å². The number of hydrogen-bond donors (Lipinski definition) is 0. The summed E-state index contributed by atoms with van der Waals surface area (Å²) in [5.41, 5.74) is 0.835. The molecule has 0 spiro atoms. The van der Waals surface area contributed by atoms with Gasteiger partial charge in [-0.3, -0.25) is 4.68 Å². The van der Waals surface area contributed by atoms with E-state index in [0.717, 1.165) is 11.4 Å². The summed E-state index contributed by atoms with van der Waals surface area (Å²) < 4.78 is 6.73. The SMILES string of the molecule is COCc1nc(-c2ccccc2Cl)nn1C. The minimum absolute atomic E-state index is 0.438. The van der Waals surface area contributed by atoms with E-state index in [2.05, 4.69) is 10.1 Å². The topological polar surface area (TPSA) is 39.9 Å². The van der Waals surface area contributed by atoms with Gasteiger partial charge in [0, 0.05) is 19.7 Å². The molecule has 0 aliphatic rings. The van der Waals surface area contributed by atoms with E-state index in [0.29, 0.717) is 17.5 Å². The van der Waals surface area contributed by atoms with E-state index in [1.165, 1.54) is 0 Å². The number of halogens is 1. The van der Waals surface area contributed by atoms with Gasteiger partial charge in [0.15, 0.2) is 11.6 Å². The van der Waals surface area contributed by atoms with E-state index >= 15 is 0 Å². The Morgan fingerprint density at radius 3 is 2.81 bits per heavy atom. The van der Waals surface area contributed by atoms with E-state index in [1.807, 2.05) is 31.3 Å². The molecule has 0 aliphatic carbocycles. The Morgan fingerprint density at radius 2 is 2.12 bits per heavy atom. The maximum absolute atomic E-state index is 6.08. The summed E-state index contributed by atoms with van der Waals surface area (Å²) in [6, 6.07) is 7.51. The third-order valence-corrected chi connectivity index (χ3v) is 2.57. The van der Waals surface area contributed by atoms with E-state index in [9.17, 15) is 0 Å². The lowest BCUT2D eigenvalue weighted by Crippen LogP contribution is -2.00. The predicted molar refractivity (Wildman–Crippen MR) is 62.2 cm³/mol. The standard InChI is InChI=1S/C11H12ClN3O/c1-15-10(7-16-2)13-11(14-15)8-5-3-4-6-9(8)12/h3-6H,7H2,1-2H3. The van der Waals surface area contributed by atoms with Crippen molar-refractivity contribution >= 4 is 11.6 Å². The Balaban J connectivity index is 2.42. The third-order valence-electron chi connectivity index (χ3n) is 2.24. The Hall–Kier alpha value is -1.39. The number of hydrogen-bond acceptors (Lipinski definition) is 3. The zero-order valence-corrected chi connectivity index (χ0v) is 9.90. The summed E-state index contributed by atoms with van der Waals surface area (Å²) in [4.78, 5) is 4.37. The average Bonchev–Trinajstić information content (AvgIpc) is 2.61. The molecule has 0 bridgehead atoms. The van der Waals surface area contributed by atoms with Crippen LogP contribution in [0.25, 0.3) is 11.4 Å². The molecule has 5 heteroatoms. The lowest BCUT2D eigenvalue weighted by molar-refractivity contribution is 0.174. The van der Waals surface area contributed by atoms with E-state index < -0.39 is 0 Å². The first-order valence-corrected chi connectivity index (χ1v) is 5.24. The van der Waals surface area contributed by atoms with Gasteiger partial charge in [0.25, 0.3) is 0 Å². The first-order valence-electron chi connectivity index (χ1n) is 4.86. The van der Waals surface area contributed by atoms with Crippen molar-refractivity contribution in [3.63, 3.8) is 0 Å². The minimum atomic E-state index is 0.438. The predicted octanol–water partition coefficient (Wildman–Crippen LogP) is 2.28. The fourth-order valence-corrected chi connectivity index (χ4v) is 1.65. The second kappa shape index (κ2) is 4.63. The van der Waals surface area contributed by atoms with Crippen LogP contribution >= 0.6 is 11.6 Å². The maximum Gasteiger partial charge on any atom is 0.182 e. The van der Waals surface area contributed by atoms with Crippen molar-refractivity contribution in [2.75, 3.05) is 7.11 Å². The highest BCUT2D eigenvalue weighted by Gasteiger charge is 2.11. The molecule has 16 heavy (non-hydrogen) atoms. The van der Waals surface area contributed by atoms with Gasteiger partial charge in [-0.2, -0.15) is 5.10 Å². The molecule has 1 aromatic carbocycles. The zero-order chi connectivity index (χ0) is 11.5. The first kappa shape index (κ1) is 11.1. The molecular weight excluding hydrogens is 226 g/mol. The van der Waals surface area contributed by atoms with Crippen LogP contribution in [0.4, 0.5) is 0 Å². The smallest absolute Gasteiger partial charge is 0.182 e. The van der Waals surface area contributed by atoms with Crippen molar-refractivity contribution in [2.45, 2.75) is 6.61 Å². The quantitative estimate of drug-likeness (QED) is 0.822. The van der Waals surface area contributed by atoms with Crippen LogP contribution in [-0.4, -0.2) is 21.9 Å². The van der Waals surface area contributed by atoms with Gasteiger partial charge in [0.2, 0.25) is 0 Å². The largest absolute Gasteiger partial charge is 0.377 e. The molecule has 0 unspecified atom stereocenters. The van der Waals surface area contributed by atoms with Gasteiger partial charge in [0.05, 0.1) is 5.02 Å². The zero-order valence-electron chi connectivity index (χ0n) is 9.14. The van der Waals surface area contributed by atoms with Crippen molar-refractivity contribution in [2.24, 2.45) is 7.05 Å². The molecule has 2 rings (SSSR count). The summed E-state index contributed by atoms with van der Waals surface area (Å²) in [6.45, 7) is 0.438. The molecule has 84 valence electrons. The van der Waals surface area contributed by atoms with Gasteiger partial charge in [0.1, 0.15) is 6.61 Å². The number of nitrogens with zero attached hydrogens (tertiary/aromatic N) is 3.